The van der Waals surface area contributed by atoms with Crippen molar-refractivity contribution in [3.8, 4) is 11.5 Å². The third kappa shape index (κ3) is 6.73. The van der Waals surface area contributed by atoms with Gasteiger partial charge in [0.15, 0.2) is 16.7 Å². The van der Waals surface area contributed by atoms with E-state index in [0.29, 0.717) is 27.0 Å². The first-order chi connectivity index (χ1) is 18.7. The van der Waals surface area contributed by atoms with Crippen molar-refractivity contribution >= 4 is 50.5 Å². The van der Waals surface area contributed by atoms with Crippen LogP contribution in [0.3, 0.4) is 0 Å². The zero-order chi connectivity index (χ0) is 28.0. The third-order valence-corrected chi connectivity index (χ3v) is 8.63. The van der Waals surface area contributed by atoms with Gasteiger partial charge in [0.05, 0.1) is 16.9 Å². The molecule has 0 spiro atoms. The Morgan fingerprint density at radius 1 is 1.08 bits per heavy atom. The summed E-state index contributed by atoms with van der Waals surface area (Å²) in [6.45, 7) is 6.02. The summed E-state index contributed by atoms with van der Waals surface area (Å²) in [5, 5.41) is 0.655. The quantitative estimate of drug-likeness (QED) is 0.205. The summed E-state index contributed by atoms with van der Waals surface area (Å²) < 4.78 is 41.4. The smallest absolute Gasteiger partial charge is 0.284 e. The van der Waals surface area contributed by atoms with Gasteiger partial charge in [-0.2, -0.15) is 8.42 Å². The van der Waals surface area contributed by atoms with Crippen molar-refractivity contribution in [3.63, 3.8) is 0 Å². The van der Waals surface area contributed by atoms with E-state index in [1.165, 1.54) is 30.2 Å². The molecule has 0 bridgehead atoms. The average Bonchev–Trinajstić information content (AvgIpc) is 3.21. The molecule has 1 amide bonds. The molecular weight excluding hydrogens is 556 g/mol. The van der Waals surface area contributed by atoms with Crippen LogP contribution in [-0.4, -0.2) is 38.0 Å². The van der Waals surface area contributed by atoms with Crippen LogP contribution in [0.5, 0.6) is 11.5 Å². The Morgan fingerprint density at radius 3 is 2.49 bits per heavy atom. The lowest BCUT2D eigenvalue weighted by molar-refractivity contribution is -0.121. The number of ether oxygens (including phenoxy) is 2. The van der Waals surface area contributed by atoms with Crippen molar-refractivity contribution in [1.29, 1.82) is 0 Å². The van der Waals surface area contributed by atoms with Crippen LogP contribution in [0.1, 0.15) is 23.6 Å². The van der Waals surface area contributed by atoms with E-state index < -0.39 is 10.0 Å². The molecule has 0 radical (unpaired) electrons. The van der Waals surface area contributed by atoms with Gasteiger partial charge in [0.2, 0.25) is 0 Å². The Balaban J connectivity index is 1.62. The highest BCUT2D eigenvalue weighted by Crippen LogP contribution is 2.36. The largest absolute Gasteiger partial charge is 0.493 e. The van der Waals surface area contributed by atoms with Crippen LogP contribution in [0.2, 0.25) is 5.02 Å². The number of nitrogens with zero attached hydrogens (tertiary/aromatic N) is 2. The fourth-order valence-corrected chi connectivity index (χ4v) is 6.12. The van der Waals surface area contributed by atoms with Gasteiger partial charge in [-0.25, -0.2) is 0 Å². The van der Waals surface area contributed by atoms with Crippen molar-refractivity contribution in [1.82, 2.24) is 4.90 Å². The van der Waals surface area contributed by atoms with Gasteiger partial charge in [-0.3, -0.25) is 9.69 Å². The number of carbonyl (C=O) groups excluding carboxylic acids is 1. The minimum atomic E-state index is -4.03. The summed E-state index contributed by atoms with van der Waals surface area (Å²) in [5.41, 5.74) is 2.50. The Labute approximate surface area is 237 Å². The second-order valence-electron chi connectivity index (χ2n) is 8.45. The molecule has 1 saturated heterocycles. The predicted molar refractivity (Wildman–Crippen MR) is 157 cm³/mol. The molecule has 3 aromatic rings. The van der Waals surface area contributed by atoms with E-state index in [-0.39, 0.29) is 29.1 Å². The molecule has 0 saturated carbocycles. The van der Waals surface area contributed by atoms with E-state index >= 15 is 0 Å². The normalized spacial score (nSPS) is 15.7. The van der Waals surface area contributed by atoms with Gasteiger partial charge in [-0.1, -0.05) is 61.0 Å². The standard InChI is InChI=1S/C29H27ClN2O5S2/c1-4-16-32-28(33)27(38-29(32)31-39(34,35)23-13-10-20(5-2)11-14-23)18-21-12-15-25(36-3)26(17-21)37-19-22-8-6-7-9-24(22)30/h4,6-15,17-18H,1,5,16,19H2,2-3H3/b27-18-,31-29+. The summed E-state index contributed by atoms with van der Waals surface area (Å²) >= 11 is 7.24. The molecule has 0 N–H and O–H groups in total. The van der Waals surface area contributed by atoms with Crippen molar-refractivity contribution in [2.75, 3.05) is 13.7 Å². The monoisotopic (exact) mass is 582 g/mol. The Bertz CT molecular complexity index is 1550. The van der Waals surface area contributed by atoms with Gasteiger partial charge in [0.1, 0.15) is 6.61 Å². The summed E-state index contributed by atoms with van der Waals surface area (Å²) in [6, 6.07) is 19.2. The number of rotatable bonds is 10. The lowest BCUT2D eigenvalue weighted by atomic mass is 10.1. The van der Waals surface area contributed by atoms with E-state index in [1.54, 1.807) is 42.5 Å². The molecule has 0 aliphatic carbocycles. The SMILES string of the molecule is C=CCN1C(=O)/C(=C/c2ccc(OC)c(OCc3ccccc3Cl)c2)S/C1=N/S(=O)(=O)c1ccc(CC)cc1. The summed E-state index contributed by atoms with van der Waals surface area (Å²) in [7, 11) is -2.49. The van der Waals surface area contributed by atoms with Crippen LogP contribution < -0.4 is 9.47 Å². The van der Waals surface area contributed by atoms with Gasteiger partial charge in [-0.15, -0.1) is 11.0 Å². The molecule has 1 aliphatic rings. The topological polar surface area (TPSA) is 85.3 Å². The number of thioether (sulfide) groups is 1. The van der Waals surface area contributed by atoms with Crippen molar-refractivity contribution in [3.05, 3.63) is 106 Å². The first-order valence-electron chi connectivity index (χ1n) is 12.1. The number of sulfonamides is 1. The molecular formula is C29H27ClN2O5S2. The zero-order valence-corrected chi connectivity index (χ0v) is 23.9. The van der Waals surface area contributed by atoms with Gasteiger partial charge in [-0.05, 0) is 65.7 Å². The van der Waals surface area contributed by atoms with E-state index in [4.69, 9.17) is 21.1 Å². The van der Waals surface area contributed by atoms with Gasteiger partial charge in [0, 0.05) is 17.1 Å². The number of halogens is 1. The number of aryl methyl sites for hydroxylation is 1. The highest BCUT2D eigenvalue weighted by atomic mass is 35.5. The number of amides is 1. The highest BCUT2D eigenvalue weighted by Gasteiger charge is 2.34. The van der Waals surface area contributed by atoms with Crippen molar-refractivity contribution < 1.29 is 22.7 Å². The lowest BCUT2D eigenvalue weighted by Gasteiger charge is -2.13. The van der Waals surface area contributed by atoms with Gasteiger partial charge in [0.25, 0.3) is 15.9 Å². The Kier molecular flexibility index (Phi) is 9.16. The minimum absolute atomic E-state index is 0.0618. The fourth-order valence-electron chi connectivity index (χ4n) is 3.74. The number of hydrogen-bond donors (Lipinski definition) is 0. The van der Waals surface area contributed by atoms with Crippen LogP contribution in [0.25, 0.3) is 6.08 Å². The van der Waals surface area contributed by atoms with E-state index in [9.17, 15) is 13.2 Å². The van der Waals surface area contributed by atoms with E-state index in [1.807, 2.05) is 25.1 Å². The molecule has 39 heavy (non-hydrogen) atoms. The molecule has 3 aromatic carbocycles. The number of amidine groups is 1. The molecule has 202 valence electrons. The Hall–Kier alpha value is -3.53. The van der Waals surface area contributed by atoms with Crippen LogP contribution in [-0.2, 0) is 27.8 Å². The predicted octanol–water partition coefficient (Wildman–Crippen LogP) is 6.34. The average molecular weight is 583 g/mol. The van der Waals surface area contributed by atoms with E-state index in [0.717, 1.165) is 29.3 Å². The number of benzene rings is 3. The summed E-state index contributed by atoms with van der Waals surface area (Å²) in [4.78, 5) is 14.9. The molecule has 0 unspecified atom stereocenters. The molecule has 10 heteroatoms. The van der Waals surface area contributed by atoms with Gasteiger partial charge >= 0.3 is 0 Å². The molecule has 1 aliphatic heterocycles. The third-order valence-electron chi connectivity index (χ3n) is 5.85. The van der Waals surface area contributed by atoms with Crippen LogP contribution in [0.4, 0.5) is 0 Å². The van der Waals surface area contributed by atoms with Crippen LogP contribution >= 0.6 is 23.4 Å². The maximum absolute atomic E-state index is 13.2. The number of methoxy groups -OCH3 is 1. The molecule has 7 nitrogen and oxygen atoms in total. The maximum Gasteiger partial charge on any atom is 0.284 e. The van der Waals surface area contributed by atoms with Crippen LogP contribution in [0, 0.1) is 0 Å². The minimum Gasteiger partial charge on any atom is -0.493 e. The molecule has 0 atom stereocenters. The Morgan fingerprint density at radius 2 is 1.82 bits per heavy atom. The molecule has 4 rings (SSSR count). The number of hydrogen-bond acceptors (Lipinski definition) is 6. The highest BCUT2D eigenvalue weighted by molar-refractivity contribution is 8.19. The van der Waals surface area contributed by atoms with Crippen LogP contribution in [0.15, 0.2) is 93.6 Å². The van der Waals surface area contributed by atoms with E-state index in [2.05, 4.69) is 11.0 Å². The maximum atomic E-state index is 13.2. The summed E-state index contributed by atoms with van der Waals surface area (Å²) in [5.74, 6) is 0.618. The van der Waals surface area contributed by atoms with Crippen molar-refractivity contribution in [2.45, 2.75) is 24.8 Å². The van der Waals surface area contributed by atoms with Gasteiger partial charge < -0.3 is 9.47 Å². The molecule has 0 aromatic heterocycles. The molecule has 1 heterocycles. The molecule has 1 fully saturated rings. The lowest BCUT2D eigenvalue weighted by Crippen LogP contribution is -2.29. The fraction of sp³-hybridized carbons (Fsp3) is 0.172. The van der Waals surface area contributed by atoms with Crippen molar-refractivity contribution in [2.24, 2.45) is 4.40 Å². The first kappa shape index (κ1) is 28.5. The number of carbonyl (C=O) groups is 1. The second kappa shape index (κ2) is 12.5. The summed E-state index contributed by atoms with van der Waals surface area (Å²) in [6.07, 6.45) is 3.97. The first-order valence-corrected chi connectivity index (χ1v) is 14.7. The second-order valence-corrected chi connectivity index (χ2v) is 11.5. The zero-order valence-electron chi connectivity index (χ0n) is 21.5.